The number of rotatable bonds is 26. The number of hydrogen-bond donors (Lipinski definition) is 8. The highest BCUT2D eigenvalue weighted by Gasteiger charge is 2.48. The third-order valence-electron chi connectivity index (χ3n) is 15.2. The summed E-state index contributed by atoms with van der Waals surface area (Å²) in [6, 6.07) is -1.03. The molecule has 39 nitrogen and oxygen atoms in total. The number of nitrogens with zero attached hydrogens (tertiary/aromatic N) is 18. The fraction of sp³-hybridized carbons (Fsp3) is 0.612. The number of carbonyl (C=O) groups excluding carboxylic acids is 3. The number of nitrogens with two attached hydrogens (primary N) is 5. The van der Waals surface area contributed by atoms with Gasteiger partial charge in [0.2, 0.25) is 23.7 Å². The van der Waals surface area contributed by atoms with E-state index >= 15 is 9.13 Å². The Morgan fingerprint density at radius 2 is 1.16 bits per heavy atom. The molecule has 0 radical (unpaired) electrons. The van der Waals surface area contributed by atoms with E-state index in [0.717, 1.165) is 0 Å². The van der Waals surface area contributed by atoms with E-state index in [9.17, 15) is 23.7 Å². The summed E-state index contributed by atoms with van der Waals surface area (Å²) < 4.78 is 97.6. The van der Waals surface area contributed by atoms with E-state index < -0.39 is 102 Å². The highest BCUT2D eigenvalue weighted by atomic mass is 31.2. The smallest absolute Gasteiger partial charge is 0.345 e. The average Bonchev–Trinajstić information content (AvgIpc) is 1.81. The van der Waals surface area contributed by atoms with E-state index in [4.69, 9.17) is 56.5 Å². The Balaban J connectivity index is 0.991. The maximum atomic E-state index is 16.0. The number of imidazole rings is 3. The third-order valence-corrected chi connectivity index (χ3v) is 23.2. The number of aliphatic imine (C=N–C) groups is 1. The summed E-state index contributed by atoms with van der Waals surface area (Å²) in [6.07, 6.45) is 1.25. The van der Waals surface area contributed by atoms with E-state index in [1.54, 1.807) is 79.3 Å². The van der Waals surface area contributed by atoms with Gasteiger partial charge in [0.1, 0.15) is 48.3 Å². The number of nitrogen functional groups attached to an aromatic ring is 3. The minimum absolute atomic E-state index is 0.0309. The van der Waals surface area contributed by atoms with Crippen molar-refractivity contribution in [1.29, 1.82) is 0 Å². The molecule has 6 aromatic heterocycles. The summed E-state index contributed by atoms with van der Waals surface area (Å²) >= 11 is 0. The number of hydrogen-bond acceptors (Lipinski definition) is 25. The Kier molecular flexibility index (Phi) is 21.2. The lowest BCUT2D eigenvalue weighted by molar-refractivity contribution is -0.158. The maximum Gasteiger partial charge on any atom is 0.345 e. The Hall–Kier alpha value is -7.22. The lowest BCUT2D eigenvalue weighted by Gasteiger charge is -2.45. The first kappa shape index (κ1) is 68.2. The number of nitrogens with one attached hydrogen (secondary N) is 3. The van der Waals surface area contributed by atoms with Crippen molar-refractivity contribution in [1.82, 2.24) is 97.4 Å². The monoisotopic (exact) mass is 1330 g/mol. The molecule has 9 heterocycles. The molecule has 3 amide bonds. The van der Waals surface area contributed by atoms with Crippen LogP contribution in [-0.2, 0) is 55.9 Å². The van der Waals surface area contributed by atoms with Gasteiger partial charge in [0.15, 0.2) is 46.3 Å². The van der Waals surface area contributed by atoms with Crippen LogP contribution in [-0.4, -0.2) is 255 Å². The van der Waals surface area contributed by atoms with Gasteiger partial charge in [-0.3, -0.25) is 56.6 Å². The minimum atomic E-state index is -4.26. The van der Waals surface area contributed by atoms with Crippen LogP contribution >= 0.6 is 22.9 Å². The summed E-state index contributed by atoms with van der Waals surface area (Å²) in [5.74, 6) is -1.84. The minimum Gasteiger partial charge on any atom is -0.382 e. The molecule has 3 aliphatic heterocycles. The lowest BCUT2D eigenvalue weighted by Crippen LogP contribution is -2.54. The van der Waals surface area contributed by atoms with Crippen molar-refractivity contribution in [2.75, 3.05) is 132 Å². The van der Waals surface area contributed by atoms with Crippen LogP contribution in [0.15, 0.2) is 41.4 Å². The van der Waals surface area contributed by atoms with Crippen molar-refractivity contribution in [3.05, 3.63) is 42.0 Å². The summed E-state index contributed by atoms with van der Waals surface area (Å²) in [4.78, 5) is 95.1. The molecule has 6 aromatic rings. The Bertz CT molecular complexity index is 3830. The zero-order valence-electron chi connectivity index (χ0n) is 51.8. The molecule has 91 heavy (non-hydrogen) atoms. The first-order chi connectivity index (χ1) is 43.1. The number of morpholine rings is 3. The van der Waals surface area contributed by atoms with Gasteiger partial charge in [0.05, 0.1) is 77.2 Å². The molecule has 3 aliphatic rings. The van der Waals surface area contributed by atoms with Crippen molar-refractivity contribution in [2.45, 2.75) is 82.3 Å². The van der Waals surface area contributed by atoms with Crippen LogP contribution in [0.4, 0.5) is 17.6 Å². The first-order valence-electron chi connectivity index (χ1n) is 28.8. The SMILES string of the molecule is CC(=O)NC(CCCN=C(N)N)C(=O)NCC(=O)N1CC(COP(=O)(N(C)C)N2CC(COP(=O)(N(C)C)N3CC(COP(=O)(C(C)C)N(C)C)OC(n4cnc5c(N)ncnc54)C3)OC(n3cnc4c(N)ncnc43)C2)OC(n2cnc3c(=O)[nH]c(N)nc32)C1. The van der Waals surface area contributed by atoms with Crippen LogP contribution in [0.2, 0.25) is 0 Å². The standard InChI is InChI=1S/C49H79N26O13P3/c1-28(2)89(80,67(4)5)83-20-31-15-71(18-36(87-31)73-25-61-38-41(50)57-23-59-43(38)73)91(82,69(8)9)85-22-32-16-72(19-37(88-32)74-26-62-39-42(51)58-24-60-44(39)74)90(81,68(6)7)84-21-30-14-70(17-35(86-30)75-27-63-40-45(75)65-49(54)66-47(40)79)34(77)13-56-46(78)33(64-29(3)76)11-10-12-55-48(52)53/h23-28,30-33,35-37H,10-22H2,1-9H3,(H,56,78)(H,64,76)(H2,50,57,59)(H2,51,58,60)(H4,52,53,55)(H3,54,65,66,79). The van der Waals surface area contributed by atoms with E-state index in [1.807, 2.05) is 0 Å². The van der Waals surface area contributed by atoms with Crippen LogP contribution in [0.3, 0.4) is 0 Å². The Morgan fingerprint density at radius 3 is 1.65 bits per heavy atom. The second-order valence-corrected chi connectivity index (χ2v) is 31.0. The molecule has 3 saturated heterocycles. The van der Waals surface area contributed by atoms with Gasteiger partial charge >= 0.3 is 15.3 Å². The Morgan fingerprint density at radius 1 is 0.681 bits per heavy atom. The molecular formula is C49H79N26O13P3. The number of H-pyrrole nitrogens is 1. The van der Waals surface area contributed by atoms with Crippen LogP contribution in [0.25, 0.3) is 33.5 Å². The number of amides is 3. The van der Waals surface area contributed by atoms with Gasteiger partial charge in [-0.1, -0.05) is 13.8 Å². The molecule has 9 rings (SSSR count). The molecular weight excluding hydrogens is 1250 g/mol. The summed E-state index contributed by atoms with van der Waals surface area (Å²) in [5, 5.41) is 5.21. The van der Waals surface area contributed by atoms with E-state index in [-0.39, 0.29) is 117 Å². The number of carbonyl (C=O) groups is 3. The number of aromatic amines is 1. The number of ether oxygens (including phenoxy) is 3. The fourth-order valence-corrected chi connectivity index (χ4v) is 16.5. The number of guanidine groups is 1. The first-order valence-corrected chi connectivity index (χ1v) is 33.5. The molecule has 42 heteroatoms. The molecule has 0 spiro atoms. The predicted octanol–water partition coefficient (Wildman–Crippen LogP) is -1.10. The predicted molar refractivity (Wildman–Crippen MR) is 331 cm³/mol. The number of anilines is 3. The fourth-order valence-electron chi connectivity index (χ4n) is 10.7. The van der Waals surface area contributed by atoms with Crippen LogP contribution in [0.1, 0.15) is 52.3 Å². The molecule has 0 bridgehead atoms. The molecule has 0 aromatic carbocycles. The van der Waals surface area contributed by atoms with E-state index in [1.165, 1.54) is 57.4 Å². The highest BCUT2D eigenvalue weighted by molar-refractivity contribution is 7.57. The lowest BCUT2D eigenvalue weighted by atomic mass is 10.1. The van der Waals surface area contributed by atoms with Gasteiger partial charge in [-0.05, 0) is 55.1 Å². The molecule has 10 unspecified atom stereocenters. The largest absolute Gasteiger partial charge is 0.382 e. The molecule has 13 N–H and O–H groups in total. The van der Waals surface area contributed by atoms with Crippen molar-refractivity contribution in [3.8, 4) is 0 Å². The van der Waals surface area contributed by atoms with Crippen molar-refractivity contribution in [2.24, 2.45) is 16.5 Å². The normalized spacial score (nSPS) is 22.8. The zero-order valence-corrected chi connectivity index (χ0v) is 54.5. The van der Waals surface area contributed by atoms with Crippen molar-refractivity contribution < 1.29 is 55.9 Å². The van der Waals surface area contributed by atoms with Crippen LogP contribution in [0.5, 0.6) is 0 Å². The van der Waals surface area contributed by atoms with Crippen LogP contribution < -0.4 is 44.9 Å². The quantitative estimate of drug-likeness (QED) is 0.0138. The second-order valence-electron chi connectivity index (χ2n) is 22.6. The summed E-state index contributed by atoms with van der Waals surface area (Å²) in [7, 11) is -2.16. The van der Waals surface area contributed by atoms with Gasteiger partial charge in [-0.2, -0.15) is 4.98 Å². The molecule has 0 saturated carbocycles. The van der Waals surface area contributed by atoms with Gasteiger partial charge in [-0.25, -0.2) is 58.2 Å². The molecule has 3 fully saturated rings. The summed E-state index contributed by atoms with van der Waals surface area (Å²) in [6.45, 7) is 2.81. The number of fused-ring (bicyclic) bond motifs is 3. The maximum absolute atomic E-state index is 16.0. The highest BCUT2D eigenvalue weighted by Crippen LogP contribution is 2.58. The van der Waals surface area contributed by atoms with Gasteiger partial charge < -0.3 is 72.0 Å². The zero-order chi connectivity index (χ0) is 65.9. The summed E-state index contributed by atoms with van der Waals surface area (Å²) in [5.41, 5.74) is 29.5. The van der Waals surface area contributed by atoms with Crippen molar-refractivity contribution in [3.63, 3.8) is 0 Å². The molecule has 0 aliphatic carbocycles. The van der Waals surface area contributed by atoms with E-state index in [2.05, 4.69) is 60.5 Å². The Labute approximate surface area is 521 Å². The van der Waals surface area contributed by atoms with Gasteiger partial charge in [0.25, 0.3) is 13.1 Å². The third kappa shape index (κ3) is 15.0. The van der Waals surface area contributed by atoms with Gasteiger partial charge in [0, 0.05) is 38.8 Å². The topological polar surface area (TPSA) is 495 Å². The second kappa shape index (κ2) is 28.3. The van der Waals surface area contributed by atoms with Crippen LogP contribution in [0, 0.1) is 0 Å². The van der Waals surface area contributed by atoms with Gasteiger partial charge in [-0.15, -0.1) is 0 Å². The number of aromatic nitrogens is 12. The molecule has 498 valence electrons. The van der Waals surface area contributed by atoms with Crippen molar-refractivity contribution >= 4 is 97.6 Å². The van der Waals surface area contributed by atoms with E-state index in [0.29, 0.717) is 17.6 Å². The molecule has 10 atom stereocenters. The average molecular weight is 1330 g/mol.